The van der Waals surface area contributed by atoms with Crippen molar-refractivity contribution in [1.82, 2.24) is 20.5 Å². The summed E-state index contributed by atoms with van der Waals surface area (Å²) < 4.78 is 38.5. The van der Waals surface area contributed by atoms with Crippen LogP contribution < -0.4 is 15.5 Å². The summed E-state index contributed by atoms with van der Waals surface area (Å²) in [5.74, 6) is 1.74. The molecule has 2 unspecified atom stereocenters. The Balaban J connectivity index is 0.00000341. The summed E-state index contributed by atoms with van der Waals surface area (Å²) in [5.41, 5.74) is -0.834. The van der Waals surface area contributed by atoms with Crippen LogP contribution in [-0.4, -0.2) is 68.2 Å². The molecule has 3 rings (SSSR count). The maximum absolute atomic E-state index is 12.8. The van der Waals surface area contributed by atoms with Crippen LogP contribution in [0.25, 0.3) is 0 Å². The molecule has 2 saturated heterocycles. The van der Waals surface area contributed by atoms with Crippen molar-refractivity contribution in [3.8, 4) is 0 Å². The number of nitrogens with one attached hydrogen (secondary N) is 2. The number of alkyl halides is 3. The molecule has 3 heterocycles. The Morgan fingerprint density at radius 3 is 2.71 bits per heavy atom. The van der Waals surface area contributed by atoms with E-state index < -0.39 is 11.7 Å². The minimum atomic E-state index is -4.45. The van der Waals surface area contributed by atoms with Crippen LogP contribution >= 0.6 is 35.6 Å². The molecule has 0 bridgehead atoms. The van der Waals surface area contributed by atoms with E-state index in [1.54, 1.807) is 7.05 Å². The number of piperidine rings is 1. The Labute approximate surface area is 204 Å². The highest BCUT2D eigenvalue weighted by molar-refractivity contribution is 14.0. The number of pyridine rings is 1. The van der Waals surface area contributed by atoms with Gasteiger partial charge in [-0.3, -0.25) is 4.99 Å². The fourth-order valence-corrected chi connectivity index (χ4v) is 4.41. The maximum Gasteiger partial charge on any atom is 0.417 e. The summed E-state index contributed by atoms with van der Waals surface area (Å²) in [6, 6.07) is 1.06. The lowest BCUT2D eigenvalue weighted by molar-refractivity contribution is -0.137. The highest BCUT2D eigenvalue weighted by Crippen LogP contribution is 2.34. The zero-order valence-electron chi connectivity index (χ0n) is 17.9. The third-order valence-corrected chi connectivity index (χ3v) is 6.09. The van der Waals surface area contributed by atoms with Gasteiger partial charge in [-0.15, -0.1) is 24.0 Å². The number of hydrogen-bond acceptors (Lipinski definition) is 4. The molecule has 2 atom stereocenters. The van der Waals surface area contributed by atoms with Crippen molar-refractivity contribution < 1.29 is 13.2 Å². The molecule has 0 spiro atoms. The first kappa shape index (κ1) is 26.2. The Morgan fingerprint density at radius 1 is 1.29 bits per heavy atom. The van der Waals surface area contributed by atoms with Gasteiger partial charge in [-0.05, 0) is 44.3 Å². The molecule has 0 aliphatic carbocycles. The molecular weight excluding hydrogens is 544 g/mol. The first-order chi connectivity index (χ1) is 14.3. The molecule has 6 nitrogen and oxygen atoms in total. The quantitative estimate of drug-likeness (QED) is 0.318. The van der Waals surface area contributed by atoms with Gasteiger partial charge in [0, 0.05) is 45.5 Å². The summed E-state index contributed by atoms with van der Waals surface area (Å²) >= 11 is 6.09. The van der Waals surface area contributed by atoms with Crippen LogP contribution in [0.1, 0.15) is 31.7 Å². The van der Waals surface area contributed by atoms with Crippen LogP contribution in [0, 0.1) is 5.92 Å². The van der Waals surface area contributed by atoms with E-state index in [2.05, 4.69) is 32.4 Å². The lowest BCUT2D eigenvalue weighted by Gasteiger charge is -2.32. The molecule has 2 aliphatic heterocycles. The molecule has 11 heteroatoms. The molecular formula is C20H31ClF3IN6. The van der Waals surface area contributed by atoms with Gasteiger partial charge in [0.25, 0.3) is 0 Å². The predicted octanol–water partition coefficient (Wildman–Crippen LogP) is 3.85. The third-order valence-electron chi connectivity index (χ3n) is 5.81. The van der Waals surface area contributed by atoms with Gasteiger partial charge >= 0.3 is 6.18 Å². The first-order valence-corrected chi connectivity index (χ1v) is 10.8. The van der Waals surface area contributed by atoms with Crippen LogP contribution in [0.2, 0.25) is 5.02 Å². The number of nitrogens with zero attached hydrogens (tertiary/aromatic N) is 4. The summed E-state index contributed by atoms with van der Waals surface area (Å²) in [6.07, 6.45) is -0.339. The SMILES string of the molecule is CCN1CCCC(CNC(=NC)NC2CCN(c3ncc(C(F)(F)F)cc3Cl)C2)C1.I. The van der Waals surface area contributed by atoms with E-state index in [4.69, 9.17) is 11.6 Å². The topological polar surface area (TPSA) is 55.8 Å². The highest BCUT2D eigenvalue weighted by atomic mass is 127. The molecule has 0 aromatic carbocycles. The van der Waals surface area contributed by atoms with Crippen molar-refractivity contribution in [2.75, 3.05) is 51.2 Å². The molecule has 31 heavy (non-hydrogen) atoms. The molecule has 0 radical (unpaired) electrons. The number of aromatic nitrogens is 1. The maximum atomic E-state index is 12.8. The van der Waals surface area contributed by atoms with Gasteiger partial charge in [-0.25, -0.2) is 4.98 Å². The van der Waals surface area contributed by atoms with E-state index in [9.17, 15) is 13.2 Å². The Bertz CT molecular complexity index is 748. The minimum absolute atomic E-state index is 0. The molecule has 2 fully saturated rings. The Kier molecular flexibility index (Phi) is 9.94. The monoisotopic (exact) mass is 574 g/mol. The highest BCUT2D eigenvalue weighted by Gasteiger charge is 2.33. The minimum Gasteiger partial charge on any atom is -0.356 e. The summed E-state index contributed by atoms with van der Waals surface area (Å²) in [7, 11) is 1.75. The number of rotatable bonds is 5. The van der Waals surface area contributed by atoms with Crippen LogP contribution in [0.3, 0.4) is 0 Å². The van der Waals surface area contributed by atoms with Crippen molar-refractivity contribution in [1.29, 1.82) is 0 Å². The molecule has 176 valence electrons. The summed E-state index contributed by atoms with van der Waals surface area (Å²) in [6.45, 7) is 7.71. The van der Waals surface area contributed by atoms with Crippen molar-refractivity contribution in [2.24, 2.45) is 10.9 Å². The second-order valence-corrected chi connectivity index (χ2v) is 8.36. The number of hydrogen-bond donors (Lipinski definition) is 2. The summed E-state index contributed by atoms with van der Waals surface area (Å²) in [5, 5.41) is 6.86. The third kappa shape index (κ3) is 7.24. The van der Waals surface area contributed by atoms with E-state index in [-0.39, 0.29) is 35.0 Å². The molecule has 1 aromatic heterocycles. The Morgan fingerprint density at radius 2 is 2.06 bits per heavy atom. The number of aliphatic imine (C=N–C) groups is 1. The summed E-state index contributed by atoms with van der Waals surface area (Å²) in [4.78, 5) is 12.7. The van der Waals surface area contributed by atoms with Crippen LogP contribution in [-0.2, 0) is 6.18 Å². The average molecular weight is 575 g/mol. The molecule has 2 N–H and O–H groups in total. The van der Waals surface area contributed by atoms with Gasteiger partial charge in [0.1, 0.15) is 5.82 Å². The molecule has 0 saturated carbocycles. The first-order valence-electron chi connectivity index (χ1n) is 10.5. The largest absolute Gasteiger partial charge is 0.417 e. The van der Waals surface area contributed by atoms with E-state index in [1.807, 2.05) is 4.90 Å². The van der Waals surface area contributed by atoms with Gasteiger partial charge in [0.05, 0.1) is 10.6 Å². The van der Waals surface area contributed by atoms with Crippen molar-refractivity contribution in [3.63, 3.8) is 0 Å². The van der Waals surface area contributed by atoms with Crippen LogP contribution in [0.4, 0.5) is 19.0 Å². The van der Waals surface area contributed by atoms with E-state index >= 15 is 0 Å². The number of anilines is 1. The van der Waals surface area contributed by atoms with Crippen LogP contribution in [0.5, 0.6) is 0 Å². The fourth-order valence-electron chi connectivity index (χ4n) is 4.12. The van der Waals surface area contributed by atoms with Gasteiger partial charge in [-0.1, -0.05) is 18.5 Å². The zero-order chi connectivity index (χ0) is 21.7. The van der Waals surface area contributed by atoms with Crippen molar-refractivity contribution >= 4 is 47.4 Å². The van der Waals surface area contributed by atoms with Crippen molar-refractivity contribution in [3.05, 3.63) is 22.8 Å². The van der Waals surface area contributed by atoms with Gasteiger partial charge < -0.3 is 20.4 Å². The number of likely N-dealkylation sites (tertiary alicyclic amines) is 1. The zero-order valence-corrected chi connectivity index (χ0v) is 21.0. The molecule has 1 aromatic rings. The molecule has 0 amide bonds. The number of halogens is 5. The smallest absolute Gasteiger partial charge is 0.356 e. The molecule has 2 aliphatic rings. The van der Waals surface area contributed by atoms with E-state index in [1.165, 1.54) is 19.4 Å². The van der Waals surface area contributed by atoms with Crippen LogP contribution in [0.15, 0.2) is 17.3 Å². The lowest BCUT2D eigenvalue weighted by atomic mass is 9.98. The average Bonchev–Trinajstić information content (AvgIpc) is 3.18. The van der Waals surface area contributed by atoms with Gasteiger partial charge in [-0.2, -0.15) is 13.2 Å². The normalized spacial score (nSPS) is 22.9. The second kappa shape index (κ2) is 11.7. The van der Waals surface area contributed by atoms with Gasteiger partial charge in [0.15, 0.2) is 5.96 Å². The van der Waals surface area contributed by atoms with E-state index in [0.29, 0.717) is 24.8 Å². The Hall–Kier alpha value is -1.01. The van der Waals surface area contributed by atoms with Crippen molar-refractivity contribution in [2.45, 2.75) is 38.4 Å². The lowest BCUT2D eigenvalue weighted by Crippen LogP contribution is -2.47. The van der Waals surface area contributed by atoms with E-state index in [0.717, 1.165) is 44.3 Å². The second-order valence-electron chi connectivity index (χ2n) is 7.96. The van der Waals surface area contributed by atoms with Gasteiger partial charge in [0.2, 0.25) is 0 Å². The number of guanidine groups is 1. The fraction of sp³-hybridized carbons (Fsp3) is 0.700. The predicted molar refractivity (Wildman–Crippen MR) is 130 cm³/mol. The standard InChI is InChI=1S/C20H30ClF3N6.HI/c1-3-29-7-4-5-14(12-29)10-27-19(25-2)28-16-6-8-30(13-16)18-17(21)9-15(11-26-18)20(22,23)24;/h9,11,14,16H,3-8,10,12-13H2,1-2H3,(H2,25,27,28);1H.